The number of anilines is 1. The van der Waals surface area contributed by atoms with Gasteiger partial charge in [-0.3, -0.25) is 14.9 Å². The van der Waals surface area contributed by atoms with Crippen molar-refractivity contribution in [3.8, 4) is 0 Å². The summed E-state index contributed by atoms with van der Waals surface area (Å²) in [4.78, 5) is 22.2. The molecule has 1 rings (SSSR count). The average molecular weight is 293 g/mol. The van der Waals surface area contributed by atoms with Crippen LogP contribution in [0.4, 0.5) is 11.4 Å². The minimum atomic E-state index is -0.434. The highest BCUT2D eigenvalue weighted by Crippen LogP contribution is 2.26. The van der Waals surface area contributed by atoms with Gasteiger partial charge in [0, 0.05) is 23.7 Å². The molecule has 0 bridgehead atoms. The third-order valence-corrected chi connectivity index (χ3v) is 3.53. The third-order valence-electron chi connectivity index (χ3n) is 3.53. The Bertz CT molecular complexity index is 527. The number of nitrogens with zero attached hydrogens (tertiary/aromatic N) is 1. The van der Waals surface area contributed by atoms with Gasteiger partial charge in [-0.2, -0.15) is 0 Å². The fraction of sp³-hybridized carbons (Fsp3) is 0.533. The zero-order chi connectivity index (χ0) is 16.0. The number of carbonyl (C=O) groups excluding carboxylic acids is 1. The molecule has 0 unspecified atom stereocenters. The van der Waals surface area contributed by atoms with E-state index in [1.807, 2.05) is 0 Å². The molecule has 1 amide bonds. The number of nitrogens with two attached hydrogens (primary N) is 1. The first kappa shape index (κ1) is 17.1. The lowest BCUT2D eigenvalue weighted by molar-refractivity contribution is -0.385. The van der Waals surface area contributed by atoms with Crippen LogP contribution in [0, 0.1) is 22.5 Å². The molecule has 0 saturated carbocycles. The summed E-state index contributed by atoms with van der Waals surface area (Å²) in [6.45, 7) is 6.43. The van der Waals surface area contributed by atoms with Gasteiger partial charge in [0.1, 0.15) is 0 Å². The molecule has 3 N–H and O–H groups in total. The predicted octanol–water partition coefficient (Wildman–Crippen LogP) is 3.00. The Hall–Kier alpha value is -1.95. The van der Waals surface area contributed by atoms with Gasteiger partial charge in [0.05, 0.1) is 4.92 Å². The van der Waals surface area contributed by atoms with Crippen molar-refractivity contribution in [2.75, 3.05) is 11.9 Å². The van der Waals surface area contributed by atoms with Gasteiger partial charge >= 0.3 is 0 Å². The smallest absolute Gasteiger partial charge is 0.272 e. The number of hydrogen-bond donors (Lipinski definition) is 2. The van der Waals surface area contributed by atoms with Crippen LogP contribution in [-0.4, -0.2) is 17.4 Å². The van der Waals surface area contributed by atoms with Crippen molar-refractivity contribution in [3.05, 3.63) is 33.9 Å². The van der Waals surface area contributed by atoms with E-state index in [1.54, 1.807) is 19.1 Å². The highest BCUT2D eigenvalue weighted by atomic mass is 16.6. The molecular formula is C15H23N3O3. The number of benzene rings is 1. The monoisotopic (exact) mass is 293 g/mol. The first-order chi connectivity index (χ1) is 9.75. The lowest BCUT2D eigenvalue weighted by Gasteiger charge is -2.23. The second-order valence-electron chi connectivity index (χ2n) is 6.01. The van der Waals surface area contributed by atoms with Crippen molar-refractivity contribution in [1.29, 1.82) is 0 Å². The van der Waals surface area contributed by atoms with Crippen LogP contribution < -0.4 is 11.1 Å². The molecule has 0 aliphatic carbocycles. The van der Waals surface area contributed by atoms with Crippen molar-refractivity contribution in [2.45, 2.75) is 40.0 Å². The van der Waals surface area contributed by atoms with Gasteiger partial charge in [0.2, 0.25) is 5.91 Å². The Morgan fingerprint density at radius 1 is 1.38 bits per heavy atom. The summed E-state index contributed by atoms with van der Waals surface area (Å²) in [6, 6.07) is 4.57. The maximum atomic E-state index is 11.9. The molecular weight excluding hydrogens is 270 g/mol. The van der Waals surface area contributed by atoms with E-state index in [2.05, 4.69) is 19.2 Å². The van der Waals surface area contributed by atoms with Crippen molar-refractivity contribution in [1.82, 2.24) is 0 Å². The van der Waals surface area contributed by atoms with Crippen LogP contribution in [0.3, 0.4) is 0 Å². The molecule has 6 nitrogen and oxygen atoms in total. The second-order valence-corrected chi connectivity index (χ2v) is 6.01. The van der Waals surface area contributed by atoms with Crippen LogP contribution in [0.2, 0.25) is 0 Å². The van der Waals surface area contributed by atoms with Crippen LogP contribution in [0.25, 0.3) is 0 Å². The molecule has 0 spiro atoms. The van der Waals surface area contributed by atoms with Crippen LogP contribution in [-0.2, 0) is 4.79 Å². The molecule has 0 heterocycles. The summed E-state index contributed by atoms with van der Waals surface area (Å²) in [6.07, 6.45) is 2.03. The summed E-state index contributed by atoms with van der Waals surface area (Å²) in [5.41, 5.74) is 6.75. The molecule has 0 aliphatic heterocycles. The normalized spacial score (nSPS) is 11.2. The number of nitrogens with one attached hydrogen (secondary N) is 1. The Balaban J connectivity index is 2.59. The molecule has 1 aromatic carbocycles. The van der Waals surface area contributed by atoms with E-state index in [9.17, 15) is 14.9 Å². The fourth-order valence-corrected chi connectivity index (χ4v) is 2.13. The van der Waals surface area contributed by atoms with Gasteiger partial charge in [-0.1, -0.05) is 13.8 Å². The number of nitro benzene ring substituents is 1. The molecule has 0 radical (unpaired) electrons. The predicted molar refractivity (Wildman–Crippen MR) is 83.1 cm³/mol. The Labute approximate surface area is 124 Å². The molecule has 0 saturated heterocycles. The quantitative estimate of drug-likeness (QED) is 0.596. The SMILES string of the molecule is Cc1cc(NC(=O)CCC(C)(C)CCN)ccc1[N+](=O)[O-]. The first-order valence-electron chi connectivity index (χ1n) is 7.00. The van der Waals surface area contributed by atoms with Crippen molar-refractivity contribution in [2.24, 2.45) is 11.1 Å². The molecule has 116 valence electrons. The summed E-state index contributed by atoms with van der Waals surface area (Å²) in [5, 5.41) is 13.5. The first-order valence-corrected chi connectivity index (χ1v) is 7.00. The largest absolute Gasteiger partial charge is 0.330 e. The minimum Gasteiger partial charge on any atom is -0.330 e. The van der Waals surface area contributed by atoms with Crippen molar-refractivity contribution < 1.29 is 9.72 Å². The van der Waals surface area contributed by atoms with E-state index in [-0.39, 0.29) is 17.0 Å². The van der Waals surface area contributed by atoms with Crippen LogP contribution in [0.5, 0.6) is 0 Å². The van der Waals surface area contributed by atoms with Gasteiger partial charge in [0.25, 0.3) is 5.69 Å². The molecule has 0 fully saturated rings. The molecule has 0 atom stereocenters. The fourth-order valence-electron chi connectivity index (χ4n) is 2.13. The molecule has 21 heavy (non-hydrogen) atoms. The van der Waals surface area contributed by atoms with E-state index >= 15 is 0 Å². The number of rotatable bonds is 7. The second kappa shape index (κ2) is 7.17. The summed E-state index contributed by atoms with van der Waals surface area (Å²) in [5.74, 6) is -0.0895. The Kier molecular flexibility index (Phi) is 5.84. The highest BCUT2D eigenvalue weighted by molar-refractivity contribution is 5.91. The average Bonchev–Trinajstić information content (AvgIpc) is 2.36. The third kappa shape index (κ3) is 5.51. The van der Waals surface area contributed by atoms with Gasteiger partial charge in [-0.15, -0.1) is 0 Å². The molecule has 1 aromatic rings. The van der Waals surface area contributed by atoms with Gasteiger partial charge in [0.15, 0.2) is 0 Å². The lowest BCUT2D eigenvalue weighted by Crippen LogP contribution is -2.20. The van der Waals surface area contributed by atoms with Gasteiger partial charge in [-0.25, -0.2) is 0 Å². The Morgan fingerprint density at radius 2 is 2.05 bits per heavy atom. The highest BCUT2D eigenvalue weighted by Gasteiger charge is 2.18. The number of nitro groups is 1. The lowest BCUT2D eigenvalue weighted by atomic mass is 9.84. The van der Waals surface area contributed by atoms with Crippen molar-refractivity contribution >= 4 is 17.3 Å². The maximum Gasteiger partial charge on any atom is 0.272 e. The van der Waals surface area contributed by atoms with Gasteiger partial charge < -0.3 is 11.1 Å². The summed E-state index contributed by atoms with van der Waals surface area (Å²) >= 11 is 0. The Morgan fingerprint density at radius 3 is 2.57 bits per heavy atom. The summed E-state index contributed by atoms with van der Waals surface area (Å²) in [7, 11) is 0. The van der Waals surface area contributed by atoms with E-state index in [0.29, 0.717) is 24.2 Å². The van der Waals surface area contributed by atoms with E-state index < -0.39 is 4.92 Å². The number of aryl methyl sites for hydroxylation is 1. The zero-order valence-electron chi connectivity index (χ0n) is 12.8. The van der Waals surface area contributed by atoms with Crippen LogP contribution in [0.15, 0.2) is 18.2 Å². The van der Waals surface area contributed by atoms with Crippen LogP contribution in [0.1, 0.15) is 38.7 Å². The zero-order valence-corrected chi connectivity index (χ0v) is 12.8. The summed E-state index contributed by atoms with van der Waals surface area (Å²) < 4.78 is 0. The van der Waals surface area contributed by atoms with E-state index in [0.717, 1.165) is 12.8 Å². The van der Waals surface area contributed by atoms with E-state index in [1.165, 1.54) is 6.07 Å². The number of hydrogen-bond acceptors (Lipinski definition) is 4. The number of amides is 1. The van der Waals surface area contributed by atoms with Gasteiger partial charge in [-0.05, 0) is 43.9 Å². The number of carbonyl (C=O) groups is 1. The standard InChI is InChI=1S/C15H23N3O3/c1-11-10-12(4-5-13(11)18(20)21)17-14(19)6-7-15(2,3)8-9-16/h4-5,10H,6-9,16H2,1-3H3,(H,17,19). The molecule has 0 aliphatic rings. The minimum absolute atomic E-state index is 0.0392. The molecule has 6 heteroatoms. The van der Waals surface area contributed by atoms with E-state index in [4.69, 9.17) is 5.73 Å². The maximum absolute atomic E-state index is 11.9. The molecule has 0 aromatic heterocycles. The van der Waals surface area contributed by atoms with Crippen LogP contribution >= 0.6 is 0 Å². The van der Waals surface area contributed by atoms with Crippen molar-refractivity contribution in [3.63, 3.8) is 0 Å². The topological polar surface area (TPSA) is 98.3 Å².